The van der Waals surface area contributed by atoms with Crippen molar-refractivity contribution >= 4 is 15.7 Å². The number of amides is 1. The lowest BCUT2D eigenvalue weighted by atomic mass is 10.0. The van der Waals surface area contributed by atoms with E-state index < -0.39 is 33.5 Å². The Morgan fingerprint density at radius 2 is 1.89 bits per heavy atom. The van der Waals surface area contributed by atoms with E-state index in [1.807, 2.05) is 0 Å². The van der Waals surface area contributed by atoms with Crippen LogP contribution in [-0.4, -0.2) is 31.5 Å². The van der Waals surface area contributed by atoms with Gasteiger partial charge in [-0.05, 0) is 49.6 Å². The lowest BCUT2D eigenvalue weighted by Crippen LogP contribution is -2.35. The van der Waals surface area contributed by atoms with E-state index >= 15 is 0 Å². The van der Waals surface area contributed by atoms with Gasteiger partial charge in [0.1, 0.15) is 0 Å². The van der Waals surface area contributed by atoms with Gasteiger partial charge in [-0.3, -0.25) is 4.79 Å². The first-order chi connectivity index (χ1) is 12.5. The summed E-state index contributed by atoms with van der Waals surface area (Å²) in [6.45, 7) is 1.64. The zero-order chi connectivity index (χ0) is 20.0. The van der Waals surface area contributed by atoms with Crippen molar-refractivity contribution in [2.45, 2.75) is 43.1 Å². The molecule has 1 atom stereocenters. The van der Waals surface area contributed by atoms with Gasteiger partial charge in [0, 0.05) is 12.3 Å². The minimum atomic E-state index is -4.48. The number of carbonyl (C=O) groups is 1. The maximum Gasteiger partial charge on any atom is 0.416 e. The van der Waals surface area contributed by atoms with Gasteiger partial charge in [-0.1, -0.05) is 12.1 Å². The lowest BCUT2D eigenvalue weighted by molar-refractivity contribution is -0.137. The van der Waals surface area contributed by atoms with Gasteiger partial charge in [-0.15, -0.1) is 0 Å². The Morgan fingerprint density at radius 1 is 1.22 bits per heavy atom. The highest BCUT2D eigenvalue weighted by Crippen LogP contribution is 2.37. The summed E-state index contributed by atoms with van der Waals surface area (Å²) in [4.78, 5) is 14.3. The summed E-state index contributed by atoms with van der Waals surface area (Å²) in [6.07, 6.45) is -2.05. The van der Waals surface area contributed by atoms with Crippen LogP contribution in [0.4, 0.5) is 13.2 Å². The molecule has 1 fully saturated rings. The van der Waals surface area contributed by atoms with E-state index in [0.29, 0.717) is 5.56 Å². The molecular weight excluding hydrogens is 383 g/mol. The Kier molecular flexibility index (Phi) is 4.83. The van der Waals surface area contributed by atoms with E-state index in [1.165, 1.54) is 29.2 Å². The van der Waals surface area contributed by atoms with E-state index in [4.69, 9.17) is 4.42 Å². The number of carbonyl (C=O) groups excluding carboxylic acids is 1. The quantitative estimate of drug-likeness (QED) is 0.758. The van der Waals surface area contributed by atoms with Crippen LogP contribution in [0, 0.1) is 0 Å². The molecule has 0 saturated heterocycles. The average Bonchev–Trinajstić information content (AvgIpc) is 3.26. The SMILES string of the molecule is CC(c1cccc(C(F)(F)F)c1)N(C(=O)c1ccc(S(C)(=O)=O)o1)C1CC1. The maximum absolute atomic E-state index is 13.0. The van der Waals surface area contributed by atoms with Gasteiger partial charge in [0.25, 0.3) is 5.91 Å². The van der Waals surface area contributed by atoms with E-state index in [-0.39, 0.29) is 16.9 Å². The predicted octanol–water partition coefficient (Wildman–Crippen LogP) is 4.07. The smallest absolute Gasteiger partial charge is 0.416 e. The first-order valence-electron chi connectivity index (χ1n) is 8.28. The minimum Gasteiger partial charge on any atom is -0.440 e. The van der Waals surface area contributed by atoms with Crippen molar-refractivity contribution in [2.24, 2.45) is 0 Å². The Bertz CT molecular complexity index is 961. The molecule has 1 aromatic carbocycles. The predicted molar refractivity (Wildman–Crippen MR) is 90.9 cm³/mol. The van der Waals surface area contributed by atoms with Crippen LogP contribution in [-0.2, 0) is 16.0 Å². The van der Waals surface area contributed by atoms with E-state index in [9.17, 15) is 26.4 Å². The molecular formula is C18H18F3NO4S. The molecule has 27 heavy (non-hydrogen) atoms. The van der Waals surface area contributed by atoms with Crippen molar-refractivity contribution in [1.29, 1.82) is 0 Å². The van der Waals surface area contributed by atoms with E-state index in [2.05, 4.69) is 0 Å². The molecule has 2 aromatic rings. The van der Waals surface area contributed by atoms with Crippen LogP contribution < -0.4 is 0 Å². The fourth-order valence-corrected chi connectivity index (χ4v) is 3.46. The number of halogens is 3. The largest absolute Gasteiger partial charge is 0.440 e. The van der Waals surface area contributed by atoms with Crippen molar-refractivity contribution in [3.8, 4) is 0 Å². The van der Waals surface area contributed by atoms with Crippen LogP contribution in [0.25, 0.3) is 0 Å². The normalized spacial score (nSPS) is 16.2. The van der Waals surface area contributed by atoms with Gasteiger partial charge in [-0.25, -0.2) is 8.42 Å². The number of rotatable bonds is 5. The van der Waals surface area contributed by atoms with Crippen LogP contribution >= 0.6 is 0 Å². The van der Waals surface area contributed by atoms with Crippen molar-refractivity contribution < 1.29 is 30.8 Å². The lowest BCUT2D eigenvalue weighted by Gasteiger charge is -2.29. The van der Waals surface area contributed by atoms with E-state index in [1.54, 1.807) is 6.92 Å². The molecule has 0 radical (unpaired) electrons. The molecule has 1 amide bonds. The number of alkyl halides is 3. The molecule has 0 bridgehead atoms. The monoisotopic (exact) mass is 401 g/mol. The number of hydrogen-bond acceptors (Lipinski definition) is 4. The molecule has 0 spiro atoms. The molecule has 1 saturated carbocycles. The zero-order valence-electron chi connectivity index (χ0n) is 14.7. The van der Waals surface area contributed by atoms with E-state index in [0.717, 1.165) is 31.2 Å². The number of benzene rings is 1. The number of nitrogens with zero attached hydrogens (tertiary/aromatic N) is 1. The van der Waals surface area contributed by atoms with Crippen LogP contribution in [0.1, 0.15) is 47.5 Å². The highest BCUT2D eigenvalue weighted by Gasteiger charge is 2.39. The Hall–Kier alpha value is -2.29. The molecule has 0 aliphatic heterocycles. The van der Waals surface area contributed by atoms with Crippen molar-refractivity contribution in [2.75, 3.05) is 6.26 Å². The summed E-state index contributed by atoms with van der Waals surface area (Å²) in [5.74, 6) is -0.696. The Labute approximate surface area is 154 Å². The molecule has 1 aromatic heterocycles. The van der Waals surface area contributed by atoms with Gasteiger partial charge in [-0.2, -0.15) is 13.2 Å². The van der Waals surface area contributed by atoms with Crippen LogP contribution in [0.2, 0.25) is 0 Å². The average molecular weight is 401 g/mol. The topological polar surface area (TPSA) is 67.6 Å². The zero-order valence-corrected chi connectivity index (χ0v) is 15.5. The number of hydrogen-bond donors (Lipinski definition) is 0. The highest BCUT2D eigenvalue weighted by molar-refractivity contribution is 7.90. The summed E-state index contributed by atoms with van der Waals surface area (Å²) in [5, 5.41) is -0.326. The first-order valence-corrected chi connectivity index (χ1v) is 10.2. The summed E-state index contributed by atoms with van der Waals surface area (Å²) >= 11 is 0. The van der Waals surface area contributed by atoms with Crippen molar-refractivity contribution in [3.63, 3.8) is 0 Å². The highest BCUT2D eigenvalue weighted by atomic mass is 32.2. The number of furan rings is 1. The second-order valence-electron chi connectivity index (χ2n) is 6.63. The molecule has 1 aliphatic rings. The summed E-state index contributed by atoms with van der Waals surface area (Å²) in [6, 6.07) is 6.57. The number of sulfone groups is 1. The fourth-order valence-electron chi connectivity index (χ4n) is 2.91. The third kappa shape index (κ3) is 4.18. The summed E-state index contributed by atoms with van der Waals surface area (Å²) < 4.78 is 67.2. The molecule has 3 rings (SSSR count). The van der Waals surface area contributed by atoms with Gasteiger partial charge >= 0.3 is 6.18 Å². The van der Waals surface area contributed by atoms with Gasteiger partial charge in [0.2, 0.25) is 14.9 Å². The molecule has 0 N–H and O–H groups in total. The maximum atomic E-state index is 13.0. The molecule has 1 heterocycles. The van der Waals surface area contributed by atoms with Gasteiger partial charge in [0.05, 0.1) is 11.6 Å². The molecule has 146 valence electrons. The van der Waals surface area contributed by atoms with Crippen molar-refractivity contribution in [1.82, 2.24) is 4.90 Å². The third-order valence-electron chi connectivity index (χ3n) is 4.45. The molecule has 9 heteroatoms. The third-order valence-corrected chi connectivity index (χ3v) is 5.40. The van der Waals surface area contributed by atoms with Crippen molar-refractivity contribution in [3.05, 3.63) is 53.3 Å². The second-order valence-corrected chi connectivity index (χ2v) is 8.58. The molecule has 5 nitrogen and oxygen atoms in total. The van der Waals surface area contributed by atoms with Crippen LogP contribution in [0.3, 0.4) is 0 Å². The van der Waals surface area contributed by atoms with Crippen LogP contribution in [0.15, 0.2) is 45.9 Å². The minimum absolute atomic E-state index is 0.117. The molecule has 1 unspecified atom stereocenters. The second kappa shape index (κ2) is 6.70. The first kappa shape index (κ1) is 19.5. The van der Waals surface area contributed by atoms with Crippen LogP contribution in [0.5, 0.6) is 0 Å². The Morgan fingerprint density at radius 3 is 2.41 bits per heavy atom. The molecule has 1 aliphatic carbocycles. The summed E-state index contributed by atoms with van der Waals surface area (Å²) in [7, 11) is -3.60. The Balaban J connectivity index is 1.92. The fraction of sp³-hybridized carbons (Fsp3) is 0.389. The standard InChI is InChI=1S/C18H18F3NO4S/c1-11(12-4-3-5-13(10-12)18(19,20)21)22(14-6-7-14)17(23)15-8-9-16(26-15)27(2,24)25/h3-5,8-11,14H,6-7H2,1-2H3. The van der Waals surface area contributed by atoms with Gasteiger partial charge in [0.15, 0.2) is 5.76 Å². The summed E-state index contributed by atoms with van der Waals surface area (Å²) in [5.41, 5.74) is -0.438. The van der Waals surface area contributed by atoms with Gasteiger partial charge < -0.3 is 9.32 Å².